The van der Waals surface area contributed by atoms with Crippen LogP contribution in [0.3, 0.4) is 0 Å². The maximum Gasteiger partial charge on any atom is 0.363 e. The van der Waals surface area contributed by atoms with E-state index in [0.29, 0.717) is 5.56 Å². The van der Waals surface area contributed by atoms with E-state index in [1.54, 1.807) is 18.2 Å². The molecule has 0 fully saturated rings. The lowest BCUT2D eigenvalue weighted by molar-refractivity contribution is -0.129. The predicted molar refractivity (Wildman–Crippen MR) is 113 cm³/mol. The van der Waals surface area contributed by atoms with Gasteiger partial charge in [-0.25, -0.2) is 22.5 Å². The van der Waals surface area contributed by atoms with Crippen molar-refractivity contribution in [3.05, 3.63) is 70.9 Å². The smallest absolute Gasteiger partial charge is 0.363 e. The number of nitrogens with zero attached hydrogens (tertiary/aromatic N) is 2. The number of hydrogen-bond acceptors (Lipinski definition) is 5. The molecule has 0 unspecified atom stereocenters. The van der Waals surface area contributed by atoms with Gasteiger partial charge in [0.2, 0.25) is 15.9 Å². The van der Waals surface area contributed by atoms with Crippen LogP contribution in [0, 0.1) is 0 Å². The number of benzene rings is 2. The van der Waals surface area contributed by atoms with Gasteiger partial charge in [-0.05, 0) is 40.8 Å². The van der Waals surface area contributed by atoms with E-state index in [1.807, 2.05) is 24.3 Å². The maximum atomic E-state index is 12.3. The summed E-state index contributed by atoms with van der Waals surface area (Å²) >= 11 is 0. The van der Waals surface area contributed by atoms with Crippen molar-refractivity contribution in [1.29, 1.82) is 0 Å². The van der Waals surface area contributed by atoms with Crippen molar-refractivity contribution in [3.8, 4) is 0 Å². The summed E-state index contributed by atoms with van der Waals surface area (Å²) in [6.07, 6.45) is 1.65. The number of carbonyl (C=O) groups is 1. The van der Waals surface area contributed by atoms with E-state index in [2.05, 4.69) is 25.8 Å². The van der Waals surface area contributed by atoms with Gasteiger partial charge in [0.1, 0.15) is 0 Å². The molecule has 6 nitrogen and oxygen atoms in total. The van der Waals surface area contributed by atoms with Gasteiger partial charge in [-0.15, -0.1) is 0 Å². The fraction of sp³-hybridized carbons (Fsp3) is 0.273. The molecule has 0 aromatic heterocycles. The second kappa shape index (κ2) is 7.57. The molecule has 29 heavy (non-hydrogen) atoms. The normalized spacial score (nSPS) is 16.3. The van der Waals surface area contributed by atoms with Crippen LogP contribution in [0.1, 0.15) is 37.5 Å². The Labute approximate surface area is 171 Å². The first-order chi connectivity index (χ1) is 13.5. The van der Waals surface area contributed by atoms with Crippen molar-refractivity contribution in [3.63, 3.8) is 0 Å². The summed E-state index contributed by atoms with van der Waals surface area (Å²) < 4.78 is 31.1. The lowest BCUT2D eigenvalue weighted by Crippen LogP contribution is -2.22. The molecule has 7 heteroatoms. The number of hydrogen-bond donors (Lipinski definition) is 0. The number of ether oxygens (including phenoxy) is 1. The SMILES string of the molecule is CN(C)S(=O)(=O)c1cccc(C2=N/C(=C\c3ccc(C(C)(C)C)cc3)C(=O)O2)c1. The van der Waals surface area contributed by atoms with Crippen molar-refractivity contribution < 1.29 is 17.9 Å². The van der Waals surface area contributed by atoms with Crippen molar-refractivity contribution in [2.45, 2.75) is 31.1 Å². The third-order valence-corrected chi connectivity index (χ3v) is 6.37. The molecule has 0 atom stereocenters. The van der Waals surface area contributed by atoms with Gasteiger partial charge >= 0.3 is 5.97 Å². The molecule has 0 saturated heterocycles. The molecule has 2 aromatic carbocycles. The van der Waals surface area contributed by atoms with Crippen molar-refractivity contribution >= 4 is 28.0 Å². The van der Waals surface area contributed by atoms with Crippen LogP contribution >= 0.6 is 0 Å². The van der Waals surface area contributed by atoms with Crippen LogP contribution in [-0.4, -0.2) is 38.7 Å². The second-order valence-electron chi connectivity index (χ2n) is 8.02. The highest BCUT2D eigenvalue weighted by Gasteiger charge is 2.26. The van der Waals surface area contributed by atoms with Crippen LogP contribution in [0.2, 0.25) is 0 Å². The number of cyclic esters (lactones) is 1. The van der Waals surface area contributed by atoms with E-state index in [0.717, 1.165) is 9.87 Å². The largest absolute Gasteiger partial charge is 0.402 e. The Morgan fingerprint density at radius 1 is 1.03 bits per heavy atom. The van der Waals surface area contributed by atoms with Crippen LogP contribution in [-0.2, 0) is 25.0 Å². The predicted octanol–water partition coefficient (Wildman–Crippen LogP) is 3.58. The number of aliphatic imine (C=N–C) groups is 1. The molecule has 0 amide bonds. The average Bonchev–Trinajstić information content (AvgIpc) is 3.02. The third-order valence-electron chi connectivity index (χ3n) is 4.56. The molecule has 1 heterocycles. The van der Waals surface area contributed by atoms with Gasteiger partial charge in [-0.3, -0.25) is 0 Å². The minimum absolute atomic E-state index is 0.0429. The van der Waals surface area contributed by atoms with Gasteiger partial charge in [0.15, 0.2) is 5.70 Å². The third kappa shape index (κ3) is 4.46. The van der Waals surface area contributed by atoms with Gasteiger partial charge in [0, 0.05) is 19.7 Å². The Balaban J connectivity index is 1.92. The fourth-order valence-electron chi connectivity index (χ4n) is 2.77. The van der Waals surface area contributed by atoms with E-state index < -0.39 is 16.0 Å². The quantitative estimate of drug-likeness (QED) is 0.568. The molecule has 1 aliphatic heterocycles. The van der Waals surface area contributed by atoms with Crippen LogP contribution < -0.4 is 0 Å². The summed E-state index contributed by atoms with van der Waals surface area (Å²) in [5.41, 5.74) is 2.66. The lowest BCUT2D eigenvalue weighted by atomic mass is 9.87. The van der Waals surface area contributed by atoms with E-state index in [-0.39, 0.29) is 21.9 Å². The first-order valence-electron chi connectivity index (χ1n) is 9.14. The van der Waals surface area contributed by atoms with Crippen molar-refractivity contribution in [1.82, 2.24) is 4.31 Å². The highest BCUT2D eigenvalue weighted by Crippen LogP contribution is 2.25. The molecule has 0 bridgehead atoms. The van der Waals surface area contributed by atoms with E-state index in [1.165, 1.54) is 31.8 Å². The Bertz CT molecular complexity index is 1110. The van der Waals surface area contributed by atoms with Gasteiger partial charge in [0.25, 0.3) is 0 Å². The zero-order chi connectivity index (χ0) is 21.4. The highest BCUT2D eigenvalue weighted by atomic mass is 32.2. The molecule has 0 saturated carbocycles. The molecule has 152 valence electrons. The second-order valence-corrected chi connectivity index (χ2v) is 10.2. The van der Waals surface area contributed by atoms with Gasteiger partial charge < -0.3 is 4.74 Å². The minimum Gasteiger partial charge on any atom is -0.402 e. The van der Waals surface area contributed by atoms with E-state index >= 15 is 0 Å². The molecule has 0 N–H and O–H groups in total. The summed E-state index contributed by atoms with van der Waals surface area (Å²) in [5, 5.41) is 0. The Morgan fingerprint density at radius 3 is 2.28 bits per heavy atom. The first-order valence-corrected chi connectivity index (χ1v) is 10.6. The van der Waals surface area contributed by atoms with Crippen LogP contribution in [0.15, 0.2) is 64.1 Å². The standard InChI is InChI=1S/C22H24N2O4S/c1-22(2,3)17-11-9-15(10-12-17)13-19-21(25)28-20(23-19)16-7-6-8-18(14-16)29(26,27)24(4)5/h6-14H,1-5H3/b19-13-. The number of sulfonamides is 1. The fourth-order valence-corrected chi connectivity index (χ4v) is 3.72. The first kappa shape index (κ1) is 21.0. The summed E-state index contributed by atoms with van der Waals surface area (Å²) in [7, 11) is -0.679. The molecule has 0 aliphatic carbocycles. The van der Waals surface area contributed by atoms with E-state index in [9.17, 15) is 13.2 Å². The molecule has 2 aromatic rings. The topological polar surface area (TPSA) is 76.0 Å². The zero-order valence-corrected chi connectivity index (χ0v) is 17.9. The highest BCUT2D eigenvalue weighted by molar-refractivity contribution is 7.89. The molecule has 0 radical (unpaired) electrons. The number of esters is 1. The minimum atomic E-state index is -3.60. The molecular formula is C22H24N2O4S. The van der Waals surface area contributed by atoms with E-state index in [4.69, 9.17) is 4.74 Å². The average molecular weight is 413 g/mol. The Hall–Kier alpha value is -2.77. The maximum absolute atomic E-state index is 12.3. The van der Waals surface area contributed by atoms with Crippen molar-refractivity contribution in [2.75, 3.05) is 14.1 Å². The molecular weight excluding hydrogens is 388 g/mol. The van der Waals surface area contributed by atoms with Crippen LogP contribution in [0.5, 0.6) is 0 Å². The summed E-state index contributed by atoms with van der Waals surface area (Å²) in [4.78, 5) is 16.6. The van der Waals surface area contributed by atoms with Crippen LogP contribution in [0.4, 0.5) is 0 Å². The number of carbonyl (C=O) groups excluding carboxylic acids is 1. The zero-order valence-electron chi connectivity index (χ0n) is 17.1. The number of rotatable bonds is 4. The summed E-state index contributed by atoms with van der Waals surface area (Å²) in [6, 6.07) is 14.1. The Kier molecular flexibility index (Phi) is 5.47. The Morgan fingerprint density at radius 2 is 1.69 bits per heavy atom. The van der Waals surface area contributed by atoms with Crippen molar-refractivity contribution in [2.24, 2.45) is 4.99 Å². The summed E-state index contributed by atoms with van der Waals surface area (Å²) in [6.45, 7) is 6.40. The van der Waals surface area contributed by atoms with Gasteiger partial charge in [-0.1, -0.05) is 51.1 Å². The van der Waals surface area contributed by atoms with Crippen LogP contribution in [0.25, 0.3) is 6.08 Å². The molecule has 0 spiro atoms. The molecule has 1 aliphatic rings. The van der Waals surface area contributed by atoms with Gasteiger partial charge in [-0.2, -0.15) is 0 Å². The molecule has 3 rings (SSSR count). The van der Waals surface area contributed by atoms with Gasteiger partial charge in [0.05, 0.1) is 4.90 Å². The monoisotopic (exact) mass is 412 g/mol. The lowest BCUT2D eigenvalue weighted by Gasteiger charge is -2.18. The summed E-state index contributed by atoms with van der Waals surface area (Å²) in [5.74, 6) is -0.482.